The topological polar surface area (TPSA) is 61.8 Å². The highest BCUT2D eigenvalue weighted by molar-refractivity contribution is 5.81. The molecule has 2 atom stereocenters. The van der Waals surface area contributed by atoms with Crippen molar-refractivity contribution in [2.75, 3.05) is 26.7 Å². The third-order valence-electron chi connectivity index (χ3n) is 3.54. The van der Waals surface area contributed by atoms with E-state index in [-0.39, 0.29) is 18.6 Å². The van der Waals surface area contributed by atoms with Crippen LogP contribution in [0.15, 0.2) is 30.3 Å². The van der Waals surface area contributed by atoms with Crippen LogP contribution in [-0.2, 0) is 4.79 Å². The summed E-state index contributed by atoms with van der Waals surface area (Å²) in [4.78, 5) is 13.7. The van der Waals surface area contributed by atoms with Gasteiger partial charge in [0.15, 0.2) is 0 Å². The molecule has 0 aromatic heterocycles. The fraction of sp³-hybridized carbons (Fsp3) is 0.533. The molecule has 1 aliphatic rings. The van der Waals surface area contributed by atoms with Gasteiger partial charge in [-0.1, -0.05) is 18.2 Å². The van der Waals surface area contributed by atoms with Crippen LogP contribution in [0.2, 0.25) is 0 Å². The summed E-state index contributed by atoms with van der Waals surface area (Å²) in [6.07, 6.45) is 1.25. The molecule has 0 bridgehead atoms. The highest BCUT2D eigenvalue weighted by Crippen LogP contribution is 2.18. The van der Waals surface area contributed by atoms with Crippen LogP contribution in [0, 0.1) is 0 Å². The number of rotatable bonds is 6. The maximum Gasteiger partial charge on any atom is 0.237 e. The number of aliphatic hydroxyl groups is 1. The Balaban J connectivity index is 1.79. The van der Waals surface area contributed by atoms with Crippen molar-refractivity contribution in [3.05, 3.63) is 30.3 Å². The molecule has 1 aliphatic heterocycles. The third-order valence-corrected chi connectivity index (χ3v) is 3.54. The second-order valence-electron chi connectivity index (χ2n) is 5.05. The van der Waals surface area contributed by atoms with Crippen molar-refractivity contribution in [1.82, 2.24) is 10.2 Å². The van der Waals surface area contributed by atoms with Gasteiger partial charge < -0.3 is 15.2 Å². The van der Waals surface area contributed by atoms with E-state index in [9.17, 15) is 9.90 Å². The first kappa shape index (κ1) is 14.8. The Morgan fingerprint density at radius 1 is 1.50 bits per heavy atom. The first-order valence-corrected chi connectivity index (χ1v) is 7.02. The van der Waals surface area contributed by atoms with Gasteiger partial charge in [-0.2, -0.15) is 0 Å². The highest BCUT2D eigenvalue weighted by atomic mass is 16.5. The molecular weight excluding hydrogens is 256 g/mol. The number of hydrogen-bond donors (Lipinski definition) is 2. The molecule has 0 spiro atoms. The number of amides is 1. The second-order valence-corrected chi connectivity index (χ2v) is 5.05. The summed E-state index contributed by atoms with van der Waals surface area (Å²) in [5.41, 5.74) is 0. The molecule has 1 amide bonds. The molecule has 0 aliphatic carbocycles. The molecule has 1 aromatic carbocycles. The van der Waals surface area contributed by atoms with E-state index in [1.54, 1.807) is 7.05 Å². The summed E-state index contributed by atoms with van der Waals surface area (Å²) in [5.74, 6) is 0.773. The van der Waals surface area contributed by atoms with Crippen LogP contribution in [0.3, 0.4) is 0 Å². The summed E-state index contributed by atoms with van der Waals surface area (Å²) in [6.45, 7) is 1.55. The molecule has 2 rings (SSSR count). The minimum atomic E-state index is -0.597. The fourth-order valence-corrected chi connectivity index (χ4v) is 2.54. The maximum atomic E-state index is 11.7. The zero-order chi connectivity index (χ0) is 14.4. The van der Waals surface area contributed by atoms with Gasteiger partial charge in [-0.25, -0.2) is 0 Å². The van der Waals surface area contributed by atoms with Gasteiger partial charge in [-0.05, 0) is 31.5 Å². The Kier molecular flexibility index (Phi) is 5.38. The Hall–Kier alpha value is -1.59. The predicted octanol–water partition coefficient (Wildman–Crippen LogP) is 0.637. The number of ether oxygens (including phenoxy) is 1. The lowest BCUT2D eigenvalue weighted by molar-refractivity contribution is -0.125. The quantitative estimate of drug-likeness (QED) is 0.801. The van der Waals surface area contributed by atoms with Crippen molar-refractivity contribution in [1.29, 1.82) is 0 Å². The number of carbonyl (C=O) groups is 1. The summed E-state index contributed by atoms with van der Waals surface area (Å²) in [6, 6.07) is 9.30. The van der Waals surface area contributed by atoms with Crippen molar-refractivity contribution < 1.29 is 14.6 Å². The molecule has 1 aromatic rings. The number of carbonyl (C=O) groups excluding carboxylic acids is 1. The van der Waals surface area contributed by atoms with Crippen LogP contribution in [0.4, 0.5) is 0 Å². The highest BCUT2D eigenvalue weighted by Gasteiger charge is 2.31. The van der Waals surface area contributed by atoms with Gasteiger partial charge in [-0.3, -0.25) is 9.69 Å². The molecule has 1 fully saturated rings. The molecule has 1 heterocycles. The van der Waals surface area contributed by atoms with Crippen LogP contribution < -0.4 is 10.1 Å². The Labute approximate surface area is 119 Å². The smallest absolute Gasteiger partial charge is 0.237 e. The normalized spacial score (nSPS) is 20.6. The van der Waals surface area contributed by atoms with E-state index in [2.05, 4.69) is 5.32 Å². The zero-order valence-electron chi connectivity index (χ0n) is 11.8. The van der Waals surface area contributed by atoms with Crippen molar-refractivity contribution in [2.45, 2.75) is 25.0 Å². The first-order valence-electron chi connectivity index (χ1n) is 7.02. The van der Waals surface area contributed by atoms with Crippen LogP contribution in [-0.4, -0.2) is 54.8 Å². The average Bonchev–Trinajstić information content (AvgIpc) is 2.93. The van der Waals surface area contributed by atoms with E-state index >= 15 is 0 Å². The maximum absolute atomic E-state index is 11.7. The molecule has 0 saturated carbocycles. The van der Waals surface area contributed by atoms with Gasteiger partial charge in [0.1, 0.15) is 18.5 Å². The second kappa shape index (κ2) is 7.26. The monoisotopic (exact) mass is 278 g/mol. The number of aliphatic hydroxyl groups excluding tert-OH is 1. The number of benzene rings is 1. The Morgan fingerprint density at radius 2 is 2.25 bits per heavy atom. The van der Waals surface area contributed by atoms with Crippen molar-refractivity contribution in [3.8, 4) is 5.75 Å². The summed E-state index contributed by atoms with van der Waals surface area (Å²) >= 11 is 0. The van der Waals surface area contributed by atoms with Crippen molar-refractivity contribution in [3.63, 3.8) is 0 Å². The van der Waals surface area contributed by atoms with Gasteiger partial charge in [0.05, 0.1) is 6.04 Å². The molecule has 5 nitrogen and oxygen atoms in total. The summed E-state index contributed by atoms with van der Waals surface area (Å²) in [7, 11) is 1.65. The molecule has 2 N–H and O–H groups in total. The molecule has 2 unspecified atom stereocenters. The van der Waals surface area contributed by atoms with E-state index in [0.717, 1.165) is 25.1 Å². The van der Waals surface area contributed by atoms with Crippen molar-refractivity contribution >= 4 is 5.91 Å². The number of nitrogens with one attached hydrogen (secondary N) is 1. The molecule has 5 heteroatoms. The van der Waals surface area contributed by atoms with E-state index in [0.29, 0.717) is 6.54 Å². The molecule has 110 valence electrons. The number of hydrogen-bond acceptors (Lipinski definition) is 4. The van der Waals surface area contributed by atoms with E-state index in [1.807, 2.05) is 35.2 Å². The first-order chi connectivity index (χ1) is 9.70. The van der Waals surface area contributed by atoms with Crippen LogP contribution >= 0.6 is 0 Å². The van der Waals surface area contributed by atoms with Crippen LogP contribution in [0.5, 0.6) is 5.75 Å². The number of nitrogens with zero attached hydrogens (tertiary/aromatic N) is 1. The summed E-state index contributed by atoms with van der Waals surface area (Å²) in [5, 5.41) is 12.7. The van der Waals surface area contributed by atoms with E-state index < -0.39 is 6.10 Å². The van der Waals surface area contributed by atoms with Gasteiger partial charge in [-0.15, -0.1) is 0 Å². The molecular formula is C15H22N2O3. The SMILES string of the molecule is CNC(=O)C1CCCN1CC(O)COc1ccccc1. The standard InChI is InChI=1S/C15H22N2O3/c1-16-15(19)14-8-5-9-17(14)10-12(18)11-20-13-6-3-2-4-7-13/h2-4,6-7,12,14,18H,5,8-11H2,1H3,(H,16,19). The minimum Gasteiger partial charge on any atom is -0.491 e. The number of para-hydroxylation sites is 1. The zero-order valence-corrected chi connectivity index (χ0v) is 11.8. The molecule has 20 heavy (non-hydrogen) atoms. The third kappa shape index (κ3) is 3.95. The summed E-state index contributed by atoms with van der Waals surface area (Å²) < 4.78 is 5.52. The van der Waals surface area contributed by atoms with Crippen LogP contribution in [0.25, 0.3) is 0 Å². The van der Waals surface area contributed by atoms with Gasteiger partial charge in [0.25, 0.3) is 0 Å². The minimum absolute atomic E-state index is 0.0266. The lowest BCUT2D eigenvalue weighted by atomic mass is 10.2. The van der Waals surface area contributed by atoms with Gasteiger partial charge in [0, 0.05) is 13.6 Å². The molecule has 0 radical (unpaired) electrons. The lowest BCUT2D eigenvalue weighted by Crippen LogP contribution is -2.45. The average molecular weight is 278 g/mol. The van der Waals surface area contributed by atoms with E-state index in [4.69, 9.17) is 4.74 Å². The van der Waals surface area contributed by atoms with Gasteiger partial charge >= 0.3 is 0 Å². The number of β-amino-alcohol motifs (C(OH)–C–C–N with tert-alkyl or cyclic N) is 1. The van der Waals surface area contributed by atoms with Crippen molar-refractivity contribution in [2.24, 2.45) is 0 Å². The lowest BCUT2D eigenvalue weighted by Gasteiger charge is -2.25. The number of likely N-dealkylation sites (N-methyl/N-ethyl adjacent to an activating group) is 1. The van der Waals surface area contributed by atoms with Crippen LogP contribution in [0.1, 0.15) is 12.8 Å². The number of likely N-dealkylation sites (tertiary alicyclic amines) is 1. The van der Waals surface area contributed by atoms with Gasteiger partial charge in [0.2, 0.25) is 5.91 Å². The van der Waals surface area contributed by atoms with E-state index in [1.165, 1.54) is 0 Å². The Bertz CT molecular complexity index is 424. The Morgan fingerprint density at radius 3 is 2.95 bits per heavy atom. The predicted molar refractivity (Wildman–Crippen MR) is 76.6 cm³/mol. The molecule has 1 saturated heterocycles. The largest absolute Gasteiger partial charge is 0.491 e. The fourth-order valence-electron chi connectivity index (χ4n) is 2.54.